The molecule has 0 rings (SSSR count). The summed E-state index contributed by atoms with van der Waals surface area (Å²) >= 11 is 5.56. The summed E-state index contributed by atoms with van der Waals surface area (Å²) in [7, 11) is 0. The molecule has 0 aliphatic heterocycles. The predicted molar refractivity (Wildman–Crippen MR) is 52.4 cm³/mol. The van der Waals surface area contributed by atoms with E-state index in [1.165, 1.54) is 0 Å². The van der Waals surface area contributed by atoms with Gasteiger partial charge in [0.1, 0.15) is 0 Å². The average molecular weight is 192 g/mol. The Morgan fingerprint density at radius 2 is 2.25 bits per heavy atom. The van der Waals surface area contributed by atoms with Gasteiger partial charge in [0, 0.05) is 18.8 Å². The summed E-state index contributed by atoms with van der Waals surface area (Å²) in [6.45, 7) is 4.85. The van der Waals surface area contributed by atoms with E-state index in [-0.39, 0.29) is 5.91 Å². The molecule has 2 nitrogen and oxygen atoms in total. The number of hydrogen-bond donors (Lipinski definition) is 1. The third-order valence-electron chi connectivity index (χ3n) is 1.73. The first-order chi connectivity index (χ1) is 5.70. The van der Waals surface area contributed by atoms with Crippen LogP contribution in [0.15, 0.2) is 0 Å². The number of rotatable bonds is 6. The van der Waals surface area contributed by atoms with Crippen molar-refractivity contribution in [3.8, 4) is 0 Å². The lowest BCUT2D eigenvalue weighted by Gasteiger charge is -2.10. The van der Waals surface area contributed by atoms with Crippen LogP contribution in [0, 0.1) is 5.92 Å². The van der Waals surface area contributed by atoms with Crippen molar-refractivity contribution in [2.45, 2.75) is 33.1 Å². The molecule has 0 fully saturated rings. The van der Waals surface area contributed by atoms with Crippen LogP contribution in [0.4, 0.5) is 0 Å². The molecular weight excluding hydrogens is 174 g/mol. The monoisotopic (exact) mass is 191 g/mol. The minimum Gasteiger partial charge on any atom is -0.356 e. The van der Waals surface area contributed by atoms with Crippen LogP contribution in [0.5, 0.6) is 0 Å². The van der Waals surface area contributed by atoms with Gasteiger partial charge in [-0.1, -0.05) is 13.8 Å². The molecule has 0 aliphatic rings. The summed E-state index contributed by atoms with van der Waals surface area (Å²) in [6, 6.07) is 0. The number of alkyl halides is 1. The van der Waals surface area contributed by atoms with Crippen LogP contribution in [0.3, 0.4) is 0 Å². The van der Waals surface area contributed by atoms with Gasteiger partial charge in [0.15, 0.2) is 0 Å². The van der Waals surface area contributed by atoms with Crippen molar-refractivity contribution in [3.63, 3.8) is 0 Å². The molecule has 0 heterocycles. The Morgan fingerprint density at radius 3 is 2.75 bits per heavy atom. The van der Waals surface area contributed by atoms with Gasteiger partial charge in [-0.3, -0.25) is 4.79 Å². The van der Waals surface area contributed by atoms with Crippen LogP contribution >= 0.6 is 11.6 Å². The third-order valence-corrected chi connectivity index (χ3v) is 1.94. The van der Waals surface area contributed by atoms with Crippen molar-refractivity contribution in [1.29, 1.82) is 0 Å². The molecule has 1 N–H and O–H groups in total. The molecule has 0 bridgehead atoms. The summed E-state index contributed by atoms with van der Waals surface area (Å²) < 4.78 is 0. The first-order valence-corrected chi connectivity index (χ1v) is 5.06. The van der Waals surface area contributed by atoms with Gasteiger partial charge in [-0.25, -0.2) is 0 Å². The van der Waals surface area contributed by atoms with E-state index in [9.17, 15) is 4.79 Å². The van der Waals surface area contributed by atoms with Crippen LogP contribution in [0.25, 0.3) is 0 Å². The van der Waals surface area contributed by atoms with Crippen LogP contribution in [-0.2, 0) is 4.79 Å². The zero-order chi connectivity index (χ0) is 9.40. The molecule has 0 aromatic heterocycles. The van der Waals surface area contributed by atoms with Gasteiger partial charge in [-0.2, -0.15) is 0 Å². The summed E-state index contributed by atoms with van der Waals surface area (Å²) in [5, 5.41) is 2.87. The lowest BCUT2D eigenvalue weighted by Crippen LogP contribution is -2.27. The second-order valence-electron chi connectivity index (χ2n) is 3.14. The fourth-order valence-corrected chi connectivity index (χ4v) is 1.26. The molecule has 0 aliphatic carbocycles. The van der Waals surface area contributed by atoms with Gasteiger partial charge in [-0.05, 0) is 18.8 Å². The van der Waals surface area contributed by atoms with E-state index < -0.39 is 0 Å². The molecule has 0 saturated heterocycles. The van der Waals surface area contributed by atoms with Crippen LogP contribution in [0.2, 0.25) is 0 Å². The first kappa shape index (κ1) is 11.8. The highest BCUT2D eigenvalue weighted by atomic mass is 35.5. The Hall–Kier alpha value is -0.240. The summed E-state index contributed by atoms with van der Waals surface area (Å²) in [6.07, 6.45) is 2.51. The topological polar surface area (TPSA) is 29.1 Å². The fraction of sp³-hybridized carbons (Fsp3) is 0.889. The molecule has 3 heteroatoms. The molecule has 0 saturated carbocycles. The molecule has 72 valence electrons. The molecule has 0 aromatic carbocycles. The number of halogens is 1. The number of carbonyl (C=O) groups is 1. The third kappa shape index (κ3) is 6.47. The smallest absolute Gasteiger partial charge is 0.219 e. The Kier molecular flexibility index (Phi) is 7.26. The lowest BCUT2D eigenvalue weighted by atomic mass is 10.1. The normalized spacial score (nSPS) is 12.6. The minimum absolute atomic E-state index is 0.152. The van der Waals surface area contributed by atoms with E-state index in [0.717, 1.165) is 19.4 Å². The molecule has 1 amide bonds. The number of nitrogens with one attached hydrogen (secondary N) is 1. The van der Waals surface area contributed by atoms with Gasteiger partial charge in [-0.15, -0.1) is 11.6 Å². The molecule has 12 heavy (non-hydrogen) atoms. The minimum atomic E-state index is 0.152. The predicted octanol–water partition coefficient (Wildman–Crippen LogP) is 2.17. The number of hydrogen-bond acceptors (Lipinski definition) is 1. The van der Waals surface area contributed by atoms with Crippen molar-refractivity contribution in [2.24, 2.45) is 5.92 Å². The highest BCUT2D eigenvalue weighted by Crippen LogP contribution is 2.01. The Labute approximate surface area is 79.7 Å². The molecule has 0 radical (unpaired) electrons. The maximum atomic E-state index is 11.0. The SMILES string of the molecule is CCCC(=O)NCC(C)CCCl. The summed E-state index contributed by atoms with van der Waals surface area (Å²) in [5.41, 5.74) is 0. The van der Waals surface area contributed by atoms with Gasteiger partial charge < -0.3 is 5.32 Å². The van der Waals surface area contributed by atoms with E-state index >= 15 is 0 Å². The van der Waals surface area contributed by atoms with Crippen molar-refractivity contribution in [1.82, 2.24) is 5.32 Å². The van der Waals surface area contributed by atoms with E-state index in [1.54, 1.807) is 0 Å². The lowest BCUT2D eigenvalue weighted by molar-refractivity contribution is -0.121. The van der Waals surface area contributed by atoms with Gasteiger partial charge in [0.2, 0.25) is 5.91 Å². The van der Waals surface area contributed by atoms with Crippen LogP contribution < -0.4 is 5.32 Å². The molecular formula is C9H18ClNO. The number of amides is 1. The highest BCUT2D eigenvalue weighted by Gasteiger charge is 2.03. The second-order valence-corrected chi connectivity index (χ2v) is 3.51. The van der Waals surface area contributed by atoms with E-state index in [2.05, 4.69) is 12.2 Å². The maximum Gasteiger partial charge on any atom is 0.219 e. The number of carbonyl (C=O) groups excluding carboxylic acids is 1. The van der Waals surface area contributed by atoms with Crippen molar-refractivity contribution in [3.05, 3.63) is 0 Å². The highest BCUT2D eigenvalue weighted by molar-refractivity contribution is 6.17. The van der Waals surface area contributed by atoms with E-state index in [4.69, 9.17) is 11.6 Å². The van der Waals surface area contributed by atoms with Crippen molar-refractivity contribution in [2.75, 3.05) is 12.4 Å². The van der Waals surface area contributed by atoms with Crippen molar-refractivity contribution >= 4 is 17.5 Å². The Morgan fingerprint density at radius 1 is 1.58 bits per heavy atom. The van der Waals surface area contributed by atoms with Gasteiger partial charge >= 0.3 is 0 Å². The van der Waals surface area contributed by atoms with Gasteiger partial charge in [0.05, 0.1) is 0 Å². The average Bonchev–Trinajstić information content (AvgIpc) is 2.02. The van der Waals surface area contributed by atoms with Crippen LogP contribution in [-0.4, -0.2) is 18.3 Å². The zero-order valence-electron chi connectivity index (χ0n) is 7.90. The molecule has 1 atom stereocenters. The van der Waals surface area contributed by atoms with Crippen molar-refractivity contribution < 1.29 is 4.79 Å². The van der Waals surface area contributed by atoms with Crippen LogP contribution in [0.1, 0.15) is 33.1 Å². The maximum absolute atomic E-state index is 11.0. The second kappa shape index (κ2) is 7.41. The zero-order valence-corrected chi connectivity index (χ0v) is 8.66. The Balaban J connectivity index is 3.33. The first-order valence-electron chi connectivity index (χ1n) is 4.53. The molecule has 0 spiro atoms. The van der Waals surface area contributed by atoms with E-state index in [1.807, 2.05) is 6.92 Å². The largest absolute Gasteiger partial charge is 0.356 e. The van der Waals surface area contributed by atoms with E-state index in [0.29, 0.717) is 18.2 Å². The summed E-state index contributed by atoms with van der Waals surface area (Å²) in [5.74, 6) is 1.31. The Bertz CT molecular complexity index is 128. The van der Waals surface area contributed by atoms with Gasteiger partial charge in [0.25, 0.3) is 0 Å². The molecule has 0 aromatic rings. The summed E-state index contributed by atoms with van der Waals surface area (Å²) in [4.78, 5) is 11.0. The standard InChI is InChI=1S/C9H18ClNO/c1-3-4-9(12)11-7-8(2)5-6-10/h8H,3-7H2,1-2H3,(H,11,12). The quantitative estimate of drug-likeness (QED) is 0.641. The molecule has 1 unspecified atom stereocenters. The fourth-order valence-electron chi connectivity index (χ4n) is 0.892.